The van der Waals surface area contributed by atoms with Gasteiger partial charge in [0.15, 0.2) is 5.82 Å². The van der Waals surface area contributed by atoms with E-state index in [9.17, 15) is 0 Å². The van der Waals surface area contributed by atoms with Crippen molar-refractivity contribution >= 4 is 54.3 Å². The third-order valence-corrected chi connectivity index (χ3v) is 9.68. The van der Waals surface area contributed by atoms with Crippen LogP contribution in [0.2, 0.25) is 0 Å². The molecule has 0 radical (unpaired) electrons. The number of benzene rings is 8. The van der Waals surface area contributed by atoms with E-state index in [-0.39, 0.29) is 0 Å². The number of hydrogen-bond donors (Lipinski definition) is 0. The predicted molar refractivity (Wildman–Crippen MR) is 204 cm³/mol. The van der Waals surface area contributed by atoms with Crippen LogP contribution in [0.5, 0.6) is 0 Å². The summed E-state index contributed by atoms with van der Waals surface area (Å²) in [5.74, 6) is 0.684. The molecule has 0 fully saturated rings. The number of fused-ring (bicyclic) bond motifs is 9. The summed E-state index contributed by atoms with van der Waals surface area (Å²) in [6, 6.07) is 59.6. The lowest BCUT2D eigenvalue weighted by Gasteiger charge is -2.16. The van der Waals surface area contributed by atoms with E-state index in [4.69, 9.17) is 14.4 Å². The van der Waals surface area contributed by atoms with Crippen molar-refractivity contribution in [1.82, 2.24) is 9.97 Å². The quantitative estimate of drug-likeness (QED) is 0.183. The highest BCUT2D eigenvalue weighted by atomic mass is 16.3. The Morgan fingerprint density at radius 3 is 1.59 bits per heavy atom. The second-order valence-electron chi connectivity index (χ2n) is 12.5. The van der Waals surface area contributed by atoms with E-state index >= 15 is 0 Å². The summed E-state index contributed by atoms with van der Waals surface area (Å²) in [4.78, 5) is 10.4. The van der Waals surface area contributed by atoms with Gasteiger partial charge in [-0.15, -0.1) is 0 Å². The average Bonchev–Trinajstić information content (AvgIpc) is 3.57. The molecule has 8 aromatic carbocycles. The molecular formula is C46H28N2O. The SMILES string of the molecule is c1ccc(-c2cc(-c3c(-c4ccc5c6ccccc6c6ccccc6c5c4)ccc4oc5ccccc5c34)nc(-c3ccccc3)n2)cc1. The van der Waals surface area contributed by atoms with E-state index in [1.807, 2.05) is 36.4 Å². The zero-order valence-electron chi connectivity index (χ0n) is 26.5. The van der Waals surface area contributed by atoms with Crippen LogP contribution in [0.15, 0.2) is 174 Å². The van der Waals surface area contributed by atoms with Gasteiger partial charge in [0.25, 0.3) is 0 Å². The van der Waals surface area contributed by atoms with Crippen LogP contribution < -0.4 is 0 Å². The van der Waals surface area contributed by atoms with E-state index in [0.29, 0.717) is 5.82 Å². The number of nitrogens with zero attached hydrogens (tertiary/aromatic N) is 2. The maximum Gasteiger partial charge on any atom is 0.160 e. The first-order valence-corrected chi connectivity index (χ1v) is 16.6. The van der Waals surface area contributed by atoms with Crippen LogP contribution in [0.1, 0.15) is 0 Å². The van der Waals surface area contributed by atoms with E-state index < -0.39 is 0 Å². The first kappa shape index (κ1) is 27.5. The molecule has 0 saturated carbocycles. The zero-order chi connectivity index (χ0) is 32.3. The fourth-order valence-corrected chi connectivity index (χ4v) is 7.45. The van der Waals surface area contributed by atoms with E-state index in [1.54, 1.807) is 0 Å². The molecule has 10 rings (SSSR count). The Labute approximate surface area is 282 Å². The highest BCUT2D eigenvalue weighted by Crippen LogP contribution is 2.45. The van der Waals surface area contributed by atoms with E-state index in [1.165, 1.54) is 32.3 Å². The molecule has 3 nitrogen and oxygen atoms in total. The monoisotopic (exact) mass is 624 g/mol. The van der Waals surface area contributed by atoms with Crippen LogP contribution in [0.4, 0.5) is 0 Å². The third kappa shape index (κ3) is 4.44. The van der Waals surface area contributed by atoms with Gasteiger partial charge in [0.1, 0.15) is 11.2 Å². The summed E-state index contributed by atoms with van der Waals surface area (Å²) < 4.78 is 6.47. The van der Waals surface area contributed by atoms with Crippen LogP contribution in [0.25, 0.3) is 99.3 Å². The predicted octanol–water partition coefficient (Wildman–Crippen LogP) is 12.5. The third-order valence-electron chi connectivity index (χ3n) is 9.68. The standard InChI is InChI=1S/C46H28N2O/c1-3-13-29(14-4-1)40-28-41(48-46(47-40)30-15-5-2-6-16-30)44-32(25-26-43-45(44)38-21-11-12-22-42(38)49-43)31-23-24-37-35-19-8-7-17-33(35)34-18-9-10-20-36(34)39(37)27-31/h1-28H. The first-order valence-electron chi connectivity index (χ1n) is 16.6. The van der Waals surface area contributed by atoms with Gasteiger partial charge in [-0.25, -0.2) is 9.97 Å². The minimum Gasteiger partial charge on any atom is -0.456 e. The van der Waals surface area contributed by atoms with Gasteiger partial charge in [0, 0.05) is 27.5 Å². The Morgan fingerprint density at radius 1 is 0.347 bits per heavy atom. The molecule has 0 spiro atoms. The minimum atomic E-state index is 0.684. The Bertz CT molecular complexity index is 2780. The maximum absolute atomic E-state index is 6.47. The van der Waals surface area contributed by atoms with Crippen molar-refractivity contribution in [2.45, 2.75) is 0 Å². The largest absolute Gasteiger partial charge is 0.456 e. The molecule has 10 aromatic rings. The first-order chi connectivity index (χ1) is 24.3. The van der Waals surface area contributed by atoms with Gasteiger partial charge in [0.05, 0.1) is 11.4 Å². The number of hydrogen-bond acceptors (Lipinski definition) is 3. The molecule has 2 heterocycles. The number of aromatic nitrogens is 2. The molecule has 0 atom stereocenters. The zero-order valence-corrected chi connectivity index (χ0v) is 26.5. The minimum absolute atomic E-state index is 0.684. The van der Waals surface area contributed by atoms with Crippen molar-refractivity contribution in [3.8, 4) is 45.0 Å². The Hall–Kier alpha value is -6.58. The van der Waals surface area contributed by atoms with Crippen molar-refractivity contribution in [3.05, 3.63) is 170 Å². The topological polar surface area (TPSA) is 38.9 Å². The lowest BCUT2D eigenvalue weighted by Crippen LogP contribution is -1.97. The van der Waals surface area contributed by atoms with Crippen LogP contribution in [-0.2, 0) is 0 Å². The second-order valence-corrected chi connectivity index (χ2v) is 12.5. The average molecular weight is 625 g/mol. The lowest BCUT2D eigenvalue weighted by molar-refractivity contribution is 0.669. The molecule has 0 amide bonds. The van der Waals surface area contributed by atoms with Gasteiger partial charge < -0.3 is 4.42 Å². The van der Waals surface area contributed by atoms with Gasteiger partial charge >= 0.3 is 0 Å². The molecule has 0 aliphatic carbocycles. The molecular weight excluding hydrogens is 597 g/mol. The molecule has 0 unspecified atom stereocenters. The van der Waals surface area contributed by atoms with Crippen LogP contribution in [0.3, 0.4) is 0 Å². The lowest BCUT2D eigenvalue weighted by atomic mass is 9.89. The van der Waals surface area contributed by atoms with Gasteiger partial charge in [-0.05, 0) is 73.8 Å². The molecule has 0 N–H and O–H groups in total. The maximum atomic E-state index is 6.47. The summed E-state index contributed by atoms with van der Waals surface area (Å²) in [6.07, 6.45) is 0. The molecule has 0 saturated heterocycles. The summed E-state index contributed by atoms with van der Waals surface area (Å²) in [6.45, 7) is 0. The molecule has 2 aromatic heterocycles. The van der Waals surface area contributed by atoms with E-state index in [2.05, 4.69) is 133 Å². The van der Waals surface area contributed by atoms with Crippen LogP contribution >= 0.6 is 0 Å². The Kier molecular flexibility index (Phi) is 6.18. The van der Waals surface area contributed by atoms with Gasteiger partial charge in [-0.1, -0.05) is 140 Å². The van der Waals surface area contributed by atoms with Crippen molar-refractivity contribution in [3.63, 3.8) is 0 Å². The molecule has 0 aliphatic heterocycles. The summed E-state index contributed by atoms with van der Waals surface area (Å²) in [5, 5.41) is 9.62. The van der Waals surface area contributed by atoms with Crippen molar-refractivity contribution in [2.75, 3.05) is 0 Å². The number of furan rings is 1. The fraction of sp³-hybridized carbons (Fsp3) is 0. The molecule has 49 heavy (non-hydrogen) atoms. The van der Waals surface area contributed by atoms with Gasteiger partial charge in [-0.2, -0.15) is 0 Å². The summed E-state index contributed by atoms with van der Waals surface area (Å²) >= 11 is 0. The Morgan fingerprint density at radius 2 is 0.898 bits per heavy atom. The Balaban J connectivity index is 1.32. The van der Waals surface area contributed by atoms with Crippen molar-refractivity contribution in [1.29, 1.82) is 0 Å². The molecule has 3 heteroatoms. The van der Waals surface area contributed by atoms with Gasteiger partial charge in [-0.3, -0.25) is 0 Å². The fourth-order valence-electron chi connectivity index (χ4n) is 7.45. The van der Waals surface area contributed by atoms with Crippen molar-refractivity contribution < 1.29 is 4.42 Å². The van der Waals surface area contributed by atoms with Gasteiger partial charge in [0.2, 0.25) is 0 Å². The summed E-state index contributed by atoms with van der Waals surface area (Å²) in [7, 11) is 0. The van der Waals surface area contributed by atoms with Crippen molar-refractivity contribution in [2.24, 2.45) is 0 Å². The number of rotatable bonds is 4. The van der Waals surface area contributed by atoms with Crippen LogP contribution in [-0.4, -0.2) is 9.97 Å². The highest BCUT2D eigenvalue weighted by molar-refractivity contribution is 6.26. The highest BCUT2D eigenvalue weighted by Gasteiger charge is 2.21. The van der Waals surface area contributed by atoms with Crippen LogP contribution in [0, 0.1) is 0 Å². The number of para-hydroxylation sites is 1. The molecule has 0 bridgehead atoms. The summed E-state index contributed by atoms with van der Waals surface area (Å²) in [5.41, 5.74) is 8.66. The molecule has 0 aliphatic rings. The second kappa shape index (κ2) is 11.0. The molecule has 228 valence electrons. The van der Waals surface area contributed by atoms with E-state index in [0.717, 1.165) is 61.1 Å². The smallest absolute Gasteiger partial charge is 0.160 e. The normalized spacial score (nSPS) is 11.7.